The van der Waals surface area contributed by atoms with Gasteiger partial charge in [0.2, 0.25) is 5.91 Å². The maximum absolute atomic E-state index is 11.6. The molecule has 1 heterocycles. The molecule has 0 spiro atoms. The zero-order chi connectivity index (χ0) is 10.8. The average molecular weight is 306 g/mol. The Balaban J connectivity index is 0.00000128. The van der Waals surface area contributed by atoms with Crippen LogP contribution in [-0.2, 0) is 4.79 Å². The molecule has 2 rings (SSSR count). The SMILES string of the molecule is Cc1cc(Br)ccc1NC(=O)[C@H]1CCN1.Cl. The summed E-state index contributed by atoms with van der Waals surface area (Å²) in [5, 5.41) is 5.99. The van der Waals surface area contributed by atoms with Crippen molar-refractivity contribution < 1.29 is 4.79 Å². The molecule has 1 atom stereocenters. The summed E-state index contributed by atoms with van der Waals surface area (Å²) >= 11 is 3.39. The minimum atomic E-state index is -0.00644. The first kappa shape index (κ1) is 13.5. The number of nitrogens with one attached hydrogen (secondary N) is 2. The van der Waals surface area contributed by atoms with Crippen LogP contribution in [0.5, 0.6) is 0 Å². The second kappa shape index (κ2) is 5.66. The molecule has 1 aliphatic rings. The molecule has 3 nitrogen and oxygen atoms in total. The maximum atomic E-state index is 11.6. The molecule has 0 bridgehead atoms. The van der Waals surface area contributed by atoms with Gasteiger partial charge in [0.15, 0.2) is 0 Å². The molecule has 5 heteroatoms. The van der Waals surface area contributed by atoms with Crippen LogP contribution >= 0.6 is 28.3 Å². The van der Waals surface area contributed by atoms with Crippen molar-refractivity contribution >= 4 is 39.9 Å². The summed E-state index contributed by atoms with van der Waals surface area (Å²) in [7, 11) is 0. The monoisotopic (exact) mass is 304 g/mol. The first-order chi connectivity index (χ1) is 7.16. The Bertz CT molecular complexity index is 394. The highest BCUT2D eigenvalue weighted by Gasteiger charge is 2.24. The Morgan fingerprint density at radius 2 is 2.25 bits per heavy atom. The van der Waals surface area contributed by atoms with Crippen LogP contribution in [0.4, 0.5) is 5.69 Å². The number of rotatable bonds is 2. The predicted octanol–water partition coefficient (Wildman–Crippen LogP) is 2.48. The summed E-state index contributed by atoms with van der Waals surface area (Å²) in [4.78, 5) is 11.6. The lowest BCUT2D eigenvalue weighted by Gasteiger charge is -2.26. The van der Waals surface area contributed by atoms with Gasteiger partial charge in [0, 0.05) is 10.2 Å². The number of carbonyl (C=O) groups excluding carboxylic acids is 1. The van der Waals surface area contributed by atoms with Crippen LogP contribution in [0.25, 0.3) is 0 Å². The quantitative estimate of drug-likeness (QED) is 0.881. The van der Waals surface area contributed by atoms with Crippen LogP contribution in [0, 0.1) is 6.92 Å². The molecule has 1 amide bonds. The van der Waals surface area contributed by atoms with Crippen LogP contribution in [0.3, 0.4) is 0 Å². The smallest absolute Gasteiger partial charge is 0.241 e. The molecule has 1 aromatic carbocycles. The second-order valence-corrected chi connectivity index (χ2v) is 4.66. The molecule has 1 saturated heterocycles. The number of amides is 1. The van der Waals surface area contributed by atoms with E-state index in [1.54, 1.807) is 0 Å². The van der Waals surface area contributed by atoms with Crippen molar-refractivity contribution in [2.75, 3.05) is 11.9 Å². The van der Waals surface area contributed by atoms with E-state index in [2.05, 4.69) is 26.6 Å². The maximum Gasteiger partial charge on any atom is 0.241 e. The van der Waals surface area contributed by atoms with E-state index in [9.17, 15) is 4.79 Å². The fraction of sp³-hybridized carbons (Fsp3) is 0.364. The van der Waals surface area contributed by atoms with E-state index in [-0.39, 0.29) is 24.4 Å². The lowest BCUT2D eigenvalue weighted by atomic mass is 10.1. The lowest BCUT2D eigenvalue weighted by molar-refractivity contribution is -0.119. The van der Waals surface area contributed by atoms with Crippen LogP contribution in [0.2, 0.25) is 0 Å². The highest BCUT2D eigenvalue weighted by atomic mass is 79.9. The average Bonchev–Trinajstić information content (AvgIpc) is 2.07. The van der Waals surface area contributed by atoms with E-state index in [0.717, 1.165) is 28.7 Å². The first-order valence-electron chi connectivity index (χ1n) is 4.97. The van der Waals surface area contributed by atoms with Gasteiger partial charge in [-0.1, -0.05) is 15.9 Å². The van der Waals surface area contributed by atoms with E-state index < -0.39 is 0 Å². The first-order valence-corrected chi connectivity index (χ1v) is 5.76. The molecule has 0 radical (unpaired) electrons. The molecule has 1 fully saturated rings. The van der Waals surface area contributed by atoms with Crippen molar-refractivity contribution in [1.29, 1.82) is 0 Å². The van der Waals surface area contributed by atoms with Crippen molar-refractivity contribution in [1.82, 2.24) is 5.32 Å². The standard InChI is InChI=1S/C11H13BrN2O.ClH/c1-7-6-8(12)2-3-9(7)14-11(15)10-4-5-13-10;/h2-3,6,10,13H,4-5H2,1H3,(H,14,15);1H/t10-;/m1./s1. The number of aryl methyl sites for hydroxylation is 1. The highest BCUT2D eigenvalue weighted by Crippen LogP contribution is 2.20. The molecule has 2 N–H and O–H groups in total. The molecule has 0 aromatic heterocycles. The predicted molar refractivity (Wildman–Crippen MR) is 71.2 cm³/mol. The van der Waals surface area contributed by atoms with Crippen molar-refractivity contribution in [2.45, 2.75) is 19.4 Å². The van der Waals surface area contributed by atoms with Crippen molar-refractivity contribution in [3.8, 4) is 0 Å². The zero-order valence-electron chi connectivity index (χ0n) is 8.92. The Morgan fingerprint density at radius 1 is 1.56 bits per heavy atom. The largest absolute Gasteiger partial charge is 0.324 e. The third kappa shape index (κ3) is 2.97. The van der Waals surface area contributed by atoms with Crippen LogP contribution in [0.1, 0.15) is 12.0 Å². The molecule has 1 aromatic rings. The van der Waals surface area contributed by atoms with Crippen molar-refractivity contribution in [3.63, 3.8) is 0 Å². The van der Waals surface area contributed by atoms with E-state index in [0.29, 0.717) is 0 Å². The Labute approximate surface area is 110 Å². The molecular weight excluding hydrogens is 291 g/mol. The third-order valence-electron chi connectivity index (χ3n) is 2.59. The Morgan fingerprint density at radius 3 is 2.75 bits per heavy atom. The highest BCUT2D eigenvalue weighted by molar-refractivity contribution is 9.10. The summed E-state index contributed by atoms with van der Waals surface area (Å²) in [5.74, 6) is 0.0617. The van der Waals surface area contributed by atoms with Crippen LogP contribution in [-0.4, -0.2) is 18.5 Å². The van der Waals surface area contributed by atoms with Gasteiger partial charge in [-0.25, -0.2) is 0 Å². The van der Waals surface area contributed by atoms with E-state index in [1.165, 1.54) is 0 Å². The summed E-state index contributed by atoms with van der Waals surface area (Å²) < 4.78 is 1.03. The summed E-state index contributed by atoms with van der Waals surface area (Å²) in [6.45, 7) is 2.92. The molecule has 16 heavy (non-hydrogen) atoms. The number of carbonyl (C=O) groups is 1. The molecule has 0 unspecified atom stereocenters. The number of halogens is 2. The fourth-order valence-corrected chi connectivity index (χ4v) is 1.98. The molecule has 0 aliphatic carbocycles. The fourth-order valence-electron chi connectivity index (χ4n) is 1.50. The zero-order valence-corrected chi connectivity index (χ0v) is 11.3. The van der Waals surface area contributed by atoms with Gasteiger partial charge in [-0.15, -0.1) is 12.4 Å². The number of hydrogen-bond donors (Lipinski definition) is 2. The Hall–Kier alpha value is -0.580. The van der Waals surface area contributed by atoms with Crippen molar-refractivity contribution in [3.05, 3.63) is 28.2 Å². The molecular formula is C11H14BrClN2O. The summed E-state index contributed by atoms with van der Waals surface area (Å²) in [6, 6.07) is 5.82. The van der Waals surface area contributed by atoms with Gasteiger partial charge in [-0.05, 0) is 43.7 Å². The molecule has 1 aliphatic heterocycles. The molecule has 88 valence electrons. The van der Waals surface area contributed by atoms with Gasteiger partial charge in [0.25, 0.3) is 0 Å². The van der Waals surface area contributed by atoms with Gasteiger partial charge in [0.05, 0.1) is 6.04 Å². The van der Waals surface area contributed by atoms with E-state index in [4.69, 9.17) is 0 Å². The number of benzene rings is 1. The van der Waals surface area contributed by atoms with Crippen LogP contribution in [0.15, 0.2) is 22.7 Å². The van der Waals surface area contributed by atoms with Crippen molar-refractivity contribution in [2.24, 2.45) is 0 Å². The third-order valence-corrected chi connectivity index (χ3v) is 3.08. The number of hydrogen-bond acceptors (Lipinski definition) is 2. The number of anilines is 1. The minimum Gasteiger partial charge on any atom is -0.324 e. The normalized spacial score (nSPS) is 18.2. The second-order valence-electron chi connectivity index (χ2n) is 3.74. The lowest BCUT2D eigenvalue weighted by Crippen LogP contribution is -2.50. The van der Waals surface area contributed by atoms with Gasteiger partial charge >= 0.3 is 0 Å². The topological polar surface area (TPSA) is 41.1 Å². The van der Waals surface area contributed by atoms with Gasteiger partial charge in [0.1, 0.15) is 0 Å². The van der Waals surface area contributed by atoms with Crippen LogP contribution < -0.4 is 10.6 Å². The van der Waals surface area contributed by atoms with Gasteiger partial charge in [-0.2, -0.15) is 0 Å². The molecule has 0 saturated carbocycles. The summed E-state index contributed by atoms with van der Waals surface area (Å²) in [6.07, 6.45) is 0.932. The minimum absolute atomic E-state index is 0. The van der Waals surface area contributed by atoms with E-state index in [1.807, 2.05) is 25.1 Å². The van der Waals surface area contributed by atoms with E-state index >= 15 is 0 Å². The van der Waals surface area contributed by atoms with Gasteiger partial charge in [-0.3, -0.25) is 4.79 Å². The summed E-state index contributed by atoms with van der Waals surface area (Å²) in [5.41, 5.74) is 1.95. The van der Waals surface area contributed by atoms with Gasteiger partial charge < -0.3 is 10.6 Å². The Kier molecular flexibility index (Phi) is 4.77.